The molecule has 2 aromatic carbocycles. The molecule has 1 N–H and O–H groups in total. The van der Waals surface area contributed by atoms with Crippen molar-refractivity contribution in [3.8, 4) is 11.6 Å². The standard InChI is InChI=1S/C26H23N7O2/c1-16-6-5-7-18(12-16)14-35-21-9-4-3-8-19(21)20-13-24(34)28-26-25(20)17(2)30-33(26)23-11-10-22-29-27-15-32(22)31-23/h3-12,15,20H,13-14H2,1-2H3,(H,28,34)/t20-/m0/s1. The maximum Gasteiger partial charge on any atom is 0.226 e. The molecule has 1 aliphatic heterocycles. The zero-order chi connectivity index (χ0) is 23.9. The van der Waals surface area contributed by atoms with Gasteiger partial charge in [-0.1, -0.05) is 48.0 Å². The van der Waals surface area contributed by atoms with Crippen molar-refractivity contribution in [2.75, 3.05) is 5.32 Å². The van der Waals surface area contributed by atoms with E-state index in [0.717, 1.165) is 28.1 Å². The largest absolute Gasteiger partial charge is 0.489 e. The molecule has 1 atom stereocenters. The topological polar surface area (TPSA) is 99.2 Å². The first-order valence-corrected chi connectivity index (χ1v) is 11.4. The second kappa shape index (κ2) is 8.35. The number of fused-ring (bicyclic) bond motifs is 2. The predicted molar refractivity (Wildman–Crippen MR) is 130 cm³/mol. The molecule has 1 aliphatic rings. The fourth-order valence-electron chi connectivity index (χ4n) is 4.67. The maximum absolute atomic E-state index is 12.9. The summed E-state index contributed by atoms with van der Waals surface area (Å²) in [4.78, 5) is 12.9. The fraction of sp³-hybridized carbons (Fsp3) is 0.192. The van der Waals surface area contributed by atoms with E-state index in [4.69, 9.17) is 9.84 Å². The average Bonchev–Trinajstić information content (AvgIpc) is 3.46. The minimum Gasteiger partial charge on any atom is -0.489 e. The van der Waals surface area contributed by atoms with Crippen molar-refractivity contribution in [1.82, 2.24) is 29.6 Å². The first-order chi connectivity index (χ1) is 17.1. The molecule has 0 aliphatic carbocycles. The van der Waals surface area contributed by atoms with Gasteiger partial charge in [0.25, 0.3) is 0 Å². The van der Waals surface area contributed by atoms with Crippen molar-refractivity contribution in [2.24, 2.45) is 0 Å². The van der Waals surface area contributed by atoms with Crippen molar-refractivity contribution in [2.45, 2.75) is 32.8 Å². The third-order valence-electron chi connectivity index (χ3n) is 6.24. The second-order valence-electron chi connectivity index (χ2n) is 8.71. The number of carbonyl (C=O) groups excluding carboxylic acids is 1. The summed E-state index contributed by atoms with van der Waals surface area (Å²) in [5, 5.41) is 20.2. The lowest BCUT2D eigenvalue weighted by Crippen LogP contribution is -2.25. The Morgan fingerprint density at radius 2 is 1.94 bits per heavy atom. The van der Waals surface area contributed by atoms with E-state index in [9.17, 15) is 4.79 Å². The van der Waals surface area contributed by atoms with Crippen molar-refractivity contribution in [3.05, 3.63) is 94.9 Å². The Hall–Kier alpha value is -4.53. The molecule has 174 valence electrons. The van der Waals surface area contributed by atoms with Crippen molar-refractivity contribution in [3.63, 3.8) is 0 Å². The number of anilines is 1. The number of aryl methyl sites for hydroxylation is 2. The molecule has 1 amide bonds. The Morgan fingerprint density at radius 1 is 1.06 bits per heavy atom. The van der Waals surface area contributed by atoms with Crippen LogP contribution in [0.5, 0.6) is 5.75 Å². The van der Waals surface area contributed by atoms with Crippen LogP contribution in [0.2, 0.25) is 0 Å². The highest BCUT2D eigenvalue weighted by molar-refractivity contribution is 5.95. The molecule has 0 bridgehead atoms. The number of nitrogens with zero attached hydrogens (tertiary/aromatic N) is 6. The van der Waals surface area contributed by atoms with Crippen LogP contribution in [0, 0.1) is 13.8 Å². The Kier molecular flexibility index (Phi) is 5.02. The van der Waals surface area contributed by atoms with E-state index in [1.165, 1.54) is 11.9 Å². The van der Waals surface area contributed by atoms with Gasteiger partial charge < -0.3 is 10.1 Å². The summed E-state index contributed by atoms with van der Waals surface area (Å²) in [6, 6.07) is 19.8. The highest BCUT2D eigenvalue weighted by Crippen LogP contribution is 2.43. The molecule has 35 heavy (non-hydrogen) atoms. The molecule has 0 radical (unpaired) electrons. The van der Waals surface area contributed by atoms with E-state index in [2.05, 4.69) is 45.7 Å². The van der Waals surface area contributed by atoms with Gasteiger partial charge >= 0.3 is 0 Å². The lowest BCUT2D eigenvalue weighted by molar-refractivity contribution is -0.116. The number of amides is 1. The molecule has 3 aromatic heterocycles. The van der Waals surface area contributed by atoms with Crippen LogP contribution in [0.4, 0.5) is 5.82 Å². The number of aromatic nitrogens is 6. The molecule has 9 nitrogen and oxygen atoms in total. The minimum atomic E-state index is -0.195. The van der Waals surface area contributed by atoms with Crippen molar-refractivity contribution in [1.29, 1.82) is 0 Å². The average molecular weight is 466 g/mol. The zero-order valence-corrected chi connectivity index (χ0v) is 19.3. The van der Waals surface area contributed by atoms with E-state index >= 15 is 0 Å². The molecule has 5 aromatic rings. The van der Waals surface area contributed by atoms with E-state index in [-0.39, 0.29) is 11.8 Å². The van der Waals surface area contributed by atoms with Gasteiger partial charge in [-0.3, -0.25) is 4.79 Å². The summed E-state index contributed by atoms with van der Waals surface area (Å²) < 4.78 is 9.51. The van der Waals surface area contributed by atoms with Crippen LogP contribution in [0.25, 0.3) is 11.5 Å². The van der Waals surface area contributed by atoms with Gasteiger partial charge in [-0.25, -0.2) is 0 Å². The van der Waals surface area contributed by atoms with E-state index < -0.39 is 0 Å². The van der Waals surface area contributed by atoms with E-state index in [0.29, 0.717) is 30.3 Å². The fourth-order valence-corrected chi connectivity index (χ4v) is 4.67. The molecule has 9 heteroatoms. The summed E-state index contributed by atoms with van der Waals surface area (Å²) in [6.45, 7) is 4.47. The Morgan fingerprint density at radius 3 is 2.83 bits per heavy atom. The van der Waals surface area contributed by atoms with E-state index in [1.807, 2.05) is 49.4 Å². The number of benzene rings is 2. The Balaban J connectivity index is 1.39. The second-order valence-corrected chi connectivity index (χ2v) is 8.71. The summed E-state index contributed by atoms with van der Waals surface area (Å²) in [7, 11) is 0. The Labute approximate surface area is 201 Å². The van der Waals surface area contributed by atoms with Gasteiger partial charge in [-0.05, 0) is 37.6 Å². The maximum atomic E-state index is 12.9. The van der Waals surface area contributed by atoms with Crippen LogP contribution in [-0.4, -0.2) is 35.5 Å². The molecular weight excluding hydrogens is 442 g/mol. The molecule has 4 heterocycles. The summed E-state index contributed by atoms with van der Waals surface area (Å²) in [5.41, 5.74) is 5.66. The van der Waals surface area contributed by atoms with Crippen molar-refractivity contribution < 1.29 is 9.53 Å². The monoisotopic (exact) mass is 465 g/mol. The molecular formula is C26H23N7O2. The highest BCUT2D eigenvalue weighted by Gasteiger charge is 2.34. The normalized spacial score (nSPS) is 15.1. The first-order valence-electron chi connectivity index (χ1n) is 11.4. The zero-order valence-electron chi connectivity index (χ0n) is 19.3. The quantitative estimate of drug-likeness (QED) is 0.422. The lowest BCUT2D eigenvalue weighted by Gasteiger charge is -2.26. The molecule has 0 unspecified atom stereocenters. The van der Waals surface area contributed by atoms with Crippen LogP contribution in [-0.2, 0) is 11.4 Å². The summed E-state index contributed by atoms with van der Waals surface area (Å²) >= 11 is 0. The first kappa shape index (κ1) is 21.0. The predicted octanol–water partition coefficient (Wildman–Crippen LogP) is 3.98. The van der Waals surface area contributed by atoms with E-state index in [1.54, 1.807) is 9.20 Å². The third kappa shape index (κ3) is 3.80. The molecule has 0 saturated heterocycles. The Bertz CT molecular complexity index is 1570. The molecule has 0 fully saturated rings. The molecule has 0 spiro atoms. The number of para-hydroxylation sites is 1. The van der Waals surface area contributed by atoms with Gasteiger partial charge in [0.2, 0.25) is 5.91 Å². The number of rotatable bonds is 5. The third-order valence-corrected chi connectivity index (χ3v) is 6.24. The van der Waals surface area contributed by atoms with Gasteiger partial charge in [0, 0.05) is 23.5 Å². The van der Waals surface area contributed by atoms with Crippen molar-refractivity contribution >= 4 is 17.4 Å². The minimum absolute atomic E-state index is 0.0810. The van der Waals surface area contributed by atoms with Crippen LogP contribution in [0.3, 0.4) is 0 Å². The van der Waals surface area contributed by atoms with Gasteiger partial charge in [-0.2, -0.15) is 14.3 Å². The number of nitrogens with one attached hydrogen (secondary N) is 1. The number of ether oxygens (including phenoxy) is 1. The number of hydrogen-bond acceptors (Lipinski definition) is 6. The highest BCUT2D eigenvalue weighted by atomic mass is 16.5. The smallest absolute Gasteiger partial charge is 0.226 e. The number of carbonyl (C=O) groups is 1. The molecule has 6 rings (SSSR count). The van der Waals surface area contributed by atoms with Crippen LogP contribution < -0.4 is 10.1 Å². The lowest BCUT2D eigenvalue weighted by atomic mass is 9.85. The summed E-state index contributed by atoms with van der Waals surface area (Å²) in [5.74, 6) is 1.67. The van der Waals surface area contributed by atoms with Crippen LogP contribution in [0.15, 0.2) is 67.0 Å². The summed E-state index contributed by atoms with van der Waals surface area (Å²) in [6.07, 6.45) is 1.84. The number of hydrogen-bond donors (Lipinski definition) is 1. The molecule has 0 saturated carbocycles. The van der Waals surface area contributed by atoms with Gasteiger partial charge in [0.1, 0.15) is 24.5 Å². The van der Waals surface area contributed by atoms with Gasteiger partial charge in [-0.15, -0.1) is 15.3 Å². The van der Waals surface area contributed by atoms with Gasteiger partial charge in [0.15, 0.2) is 11.5 Å². The SMILES string of the molecule is Cc1cccc(COc2ccccc2[C@@H]2CC(=O)Nc3c2c(C)nn3-c2ccc3nncn3n2)c1. The van der Waals surface area contributed by atoms with Crippen LogP contribution >= 0.6 is 0 Å². The van der Waals surface area contributed by atoms with Crippen LogP contribution in [0.1, 0.15) is 40.3 Å². The van der Waals surface area contributed by atoms with Gasteiger partial charge in [0.05, 0.1) is 5.69 Å².